The minimum atomic E-state index is -0.479. The van der Waals surface area contributed by atoms with Gasteiger partial charge < -0.3 is 9.30 Å². The maximum absolute atomic E-state index is 14.3. The average molecular weight is 416 g/mol. The predicted octanol–water partition coefficient (Wildman–Crippen LogP) is 4.26. The van der Waals surface area contributed by atoms with Crippen LogP contribution in [0.5, 0.6) is 11.8 Å². The topological polar surface area (TPSA) is 69.9 Å². The van der Waals surface area contributed by atoms with Crippen LogP contribution in [0.4, 0.5) is 4.39 Å². The molecule has 0 fully saturated rings. The fraction of sp³-hybridized carbons (Fsp3) is 0.167. The van der Waals surface area contributed by atoms with E-state index >= 15 is 0 Å². The van der Waals surface area contributed by atoms with Gasteiger partial charge in [-0.3, -0.25) is 9.78 Å². The third-order valence-electron chi connectivity index (χ3n) is 4.89. The summed E-state index contributed by atoms with van der Waals surface area (Å²) in [5.74, 6) is -0.383. The Bertz CT molecular complexity index is 1250. The van der Waals surface area contributed by atoms with Gasteiger partial charge in [0.2, 0.25) is 5.56 Å². The first-order chi connectivity index (χ1) is 15.0. The molecule has 0 radical (unpaired) electrons. The summed E-state index contributed by atoms with van der Waals surface area (Å²) in [4.78, 5) is 24.9. The van der Waals surface area contributed by atoms with Crippen molar-refractivity contribution in [3.05, 3.63) is 100 Å². The zero-order chi connectivity index (χ0) is 21.8. The van der Waals surface area contributed by atoms with Crippen molar-refractivity contribution in [3.63, 3.8) is 0 Å². The van der Waals surface area contributed by atoms with Gasteiger partial charge in [0.15, 0.2) is 11.6 Å². The number of hydrogen-bond donors (Lipinski definition) is 0. The van der Waals surface area contributed by atoms with Gasteiger partial charge in [0.25, 0.3) is 0 Å². The van der Waals surface area contributed by atoms with E-state index in [0.29, 0.717) is 17.7 Å². The van der Waals surface area contributed by atoms with Crippen LogP contribution in [-0.2, 0) is 19.9 Å². The molecule has 6 nitrogen and oxygen atoms in total. The molecular formula is C24H21FN4O2. The number of para-hydroxylation sites is 1. The zero-order valence-corrected chi connectivity index (χ0v) is 17.2. The molecule has 0 amide bonds. The van der Waals surface area contributed by atoms with Gasteiger partial charge >= 0.3 is 6.01 Å². The number of benzene rings is 1. The molecule has 1 aromatic carbocycles. The van der Waals surface area contributed by atoms with E-state index in [4.69, 9.17) is 4.74 Å². The third kappa shape index (κ3) is 4.83. The molecule has 0 unspecified atom stereocenters. The van der Waals surface area contributed by atoms with E-state index in [0.717, 1.165) is 23.2 Å². The molecule has 0 aliphatic rings. The van der Waals surface area contributed by atoms with Crippen molar-refractivity contribution in [2.75, 3.05) is 0 Å². The van der Waals surface area contributed by atoms with E-state index in [1.165, 1.54) is 16.7 Å². The van der Waals surface area contributed by atoms with Crippen LogP contribution in [0.3, 0.4) is 0 Å². The van der Waals surface area contributed by atoms with E-state index in [1.807, 2.05) is 24.4 Å². The molecule has 0 bridgehead atoms. The van der Waals surface area contributed by atoms with Crippen molar-refractivity contribution in [3.8, 4) is 23.0 Å². The Hall–Kier alpha value is -3.87. The number of aromatic nitrogens is 4. The summed E-state index contributed by atoms with van der Waals surface area (Å²) in [6.07, 6.45) is 6.60. The van der Waals surface area contributed by atoms with Crippen LogP contribution in [0.25, 0.3) is 11.3 Å². The summed E-state index contributed by atoms with van der Waals surface area (Å²) in [6.45, 7) is 1.76. The Morgan fingerprint density at radius 3 is 2.68 bits per heavy atom. The van der Waals surface area contributed by atoms with Crippen LogP contribution in [0.1, 0.15) is 16.8 Å². The van der Waals surface area contributed by atoms with Gasteiger partial charge in [-0.25, -0.2) is 4.39 Å². The highest BCUT2D eigenvalue weighted by atomic mass is 19.1. The largest absolute Gasteiger partial charge is 0.421 e. The lowest BCUT2D eigenvalue weighted by Gasteiger charge is -2.12. The van der Waals surface area contributed by atoms with E-state index in [2.05, 4.69) is 15.0 Å². The fourth-order valence-electron chi connectivity index (χ4n) is 3.20. The van der Waals surface area contributed by atoms with E-state index in [9.17, 15) is 9.18 Å². The van der Waals surface area contributed by atoms with Crippen LogP contribution in [0, 0.1) is 12.7 Å². The SMILES string of the molecule is Cc1cccc(F)c1Oc1nc(CCc2cccnc2)cc(-c2ccc(=O)n(C)c2)n1. The second-order valence-electron chi connectivity index (χ2n) is 7.24. The number of ether oxygens (including phenoxy) is 1. The number of hydrogen-bond acceptors (Lipinski definition) is 5. The first-order valence-corrected chi connectivity index (χ1v) is 9.86. The highest BCUT2D eigenvalue weighted by molar-refractivity contribution is 5.58. The highest BCUT2D eigenvalue weighted by Gasteiger charge is 2.14. The molecule has 0 saturated heterocycles. The van der Waals surface area contributed by atoms with Crippen molar-refractivity contribution in [1.29, 1.82) is 0 Å². The average Bonchev–Trinajstić information content (AvgIpc) is 2.77. The molecule has 31 heavy (non-hydrogen) atoms. The van der Waals surface area contributed by atoms with Crippen LogP contribution in [0.15, 0.2) is 71.9 Å². The second-order valence-corrected chi connectivity index (χ2v) is 7.24. The minimum Gasteiger partial charge on any atom is -0.421 e. The monoisotopic (exact) mass is 416 g/mol. The molecule has 0 N–H and O–H groups in total. The summed E-state index contributed by atoms with van der Waals surface area (Å²) in [6, 6.07) is 13.7. The molecule has 156 valence electrons. The number of aryl methyl sites for hydroxylation is 4. The lowest BCUT2D eigenvalue weighted by molar-refractivity contribution is 0.406. The van der Waals surface area contributed by atoms with Gasteiger partial charge in [-0.15, -0.1) is 0 Å². The normalized spacial score (nSPS) is 10.8. The summed E-state index contributed by atoms with van der Waals surface area (Å²) in [5.41, 5.74) is 3.68. The fourth-order valence-corrected chi connectivity index (χ4v) is 3.20. The molecule has 3 heterocycles. The molecule has 0 aliphatic carbocycles. The minimum absolute atomic E-state index is 0.0562. The summed E-state index contributed by atoms with van der Waals surface area (Å²) >= 11 is 0. The maximum atomic E-state index is 14.3. The molecule has 0 saturated carbocycles. The van der Waals surface area contributed by atoms with Gasteiger partial charge in [-0.05, 0) is 55.2 Å². The van der Waals surface area contributed by atoms with Crippen molar-refractivity contribution in [2.45, 2.75) is 19.8 Å². The number of pyridine rings is 2. The molecule has 0 atom stereocenters. The molecular weight excluding hydrogens is 395 g/mol. The van der Waals surface area contributed by atoms with Gasteiger partial charge in [0, 0.05) is 43.0 Å². The Morgan fingerprint density at radius 1 is 1.06 bits per heavy atom. The molecule has 0 spiro atoms. The van der Waals surface area contributed by atoms with Crippen LogP contribution < -0.4 is 10.3 Å². The molecule has 0 aliphatic heterocycles. The van der Waals surface area contributed by atoms with Gasteiger partial charge in [-0.2, -0.15) is 9.97 Å². The molecule has 4 aromatic rings. The summed E-state index contributed by atoms with van der Waals surface area (Å²) in [7, 11) is 1.68. The molecule has 4 rings (SSSR count). The van der Waals surface area contributed by atoms with Crippen LogP contribution >= 0.6 is 0 Å². The van der Waals surface area contributed by atoms with Crippen LogP contribution in [-0.4, -0.2) is 19.5 Å². The standard InChI is InChI=1S/C24H21FN4O2/c1-16-5-3-7-20(25)23(16)31-24-27-19(10-8-17-6-4-12-26-14-17)13-21(28-24)18-9-11-22(30)29(2)15-18/h3-7,9,11-15H,8,10H2,1-2H3. The summed E-state index contributed by atoms with van der Waals surface area (Å²) < 4.78 is 21.6. The van der Waals surface area contributed by atoms with E-state index in [-0.39, 0.29) is 17.3 Å². The van der Waals surface area contributed by atoms with E-state index < -0.39 is 5.82 Å². The van der Waals surface area contributed by atoms with Crippen molar-refractivity contribution in [2.24, 2.45) is 7.05 Å². The van der Waals surface area contributed by atoms with Crippen molar-refractivity contribution >= 4 is 0 Å². The third-order valence-corrected chi connectivity index (χ3v) is 4.89. The van der Waals surface area contributed by atoms with Gasteiger partial charge in [-0.1, -0.05) is 18.2 Å². The number of nitrogens with zero attached hydrogens (tertiary/aromatic N) is 4. The Balaban J connectivity index is 1.72. The lowest BCUT2D eigenvalue weighted by Crippen LogP contribution is -2.14. The predicted molar refractivity (Wildman–Crippen MR) is 116 cm³/mol. The highest BCUT2D eigenvalue weighted by Crippen LogP contribution is 2.28. The quantitative estimate of drug-likeness (QED) is 0.470. The smallest absolute Gasteiger partial charge is 0.322 e. The Labute approximate surface area is 179 Å². The maximum Gasteiger partial charge on any atom is 0.322 e. The number of rotatable bonds is 6. The van der Waals surface area contributed by atoms with E-state index in [1.54, 1.807) is 44.6 Å². The lowest BCUT2D eigenvalue weighted by atomic mass is 10.1. The van der Waals surface area contributed by atoms with Gasteiger partial charge in [0.05, 0.1) is 5.69 Å². The Morgan fingerprint density at radius 2 is 1.94 bits per heavy atom. The molecule has 3 aromatic heterocycles. The molecule has 7 heteroatoms. The zero-order valence-electron chi connectivity index (χ0n) is 17.2. The van der Waals surface area contributed by atoms with Crippen molar-refractivity contribution in [1.82, 2.24) is 19.5 Å². The number of halogens is 1. The van der Waals surface area contributed by atoms with Crippen LogP contribution in [0.2, 0.25) is 0 Å². The summed E-state index contributed by atoms with van der Waals surface area (Å²) in [5, 5.41) is 0. The Kier molecular flexibility index (Phi) is 5.84. The first-order valence-electron chi connectivity index (χ1n) is 9.86. The van der Waals surface area contributed by atoms with Crippen molar-refractivity contribution < 1.29 is 9.13 Å². The second kappa shape index (κ2) is 8.87. The first kappa shape index (κ1) is 20.4. The van der Waals surface area contributed by atoms with Gasteiger partial charge in [0.1, 0.15) is 0 Å².